The van der Waals surface area contributed by atoms with Crippen LogP contribution in [0.2, 0.25) is 0 Å². The minimum Gasteiger partial charge on any atom is -0.469 e. The Morgan fingerprint density at radius 2 is 1.32 bits per heavy atom. The second-order valence-electron chi connectivity index (χ2n) is 10.1. The molecule has 12 nitrogen and oxygen atoms in total. The first kappa shape index (κ1) is 32.5. The van der Waals surface area contributed by atoms with E-state index in [1.54, 1.807) is 41.5 Å². The number of alkyl carbamates (subject to hydrolysis) is 1. The molecule has 4 atom stereocenters. The minimum absolute atomic E-state index is 0.00489. The summed E-state index contributed by atoms with van der Waals surface area (Å²) in [6.45, 7) is 10.1. The molecular formula is C23H36N2O10S2. The van der Waals surface area contributed by atoms with E-state index in [9.17, 15) is 28.8 Å². The van der Waals surface area contributed by atoms with Gasteiger partial charge >= 0.3 is 24.0 Å². The van der Waals surface area contributed by atoms with Crippen LogP contribution in [-0.4, -0.2) is 89.3 Å². The normalized spacial score (nSPS) is 19.4. The van der Waals surface area contributed by atoms with Crippen LogP contribution in [0.5, 0.6) is 0 Å². The van der Waals surface area contributed by atoms with Crippen LogP contribution >= 0.6 is 23.5 Å². The summed E-state index contributed by atoms with van der Waals surface area (Å²) >= 11 is 1.98. The highest BCUT2D eigenvalue weighted by molar-refractivity contribution is 8.04. The summed E-state index contributed by atoms with van der Waals surface area (Å²) in [5.41, 5.74) is -1.54. The molecule has 1 saturated heterocycles. The highest BCUT2D eigenvalue weighted by Crippen LogP contribution is 2.32. The molecule has 1 fully saturated rings. The van der Waals surface area contributed by atoms with Crippen LogP contribution in [0.1, 0.15) is 48.0 Å². The van der Waals surface area contributed by atoms with E-state index in [4.69, 9.17) is 18.9 Å². The summed E-state index contributed by atoms with van der Waals surface area (Å²) in [7, 11) is 2.34. The Labute approximate surface area is 225 Å². The zero-order valence-electron chi connectivity index (χ0n) is 22.3. The number of nitrogens with one attached hydrogen (secondary N) is 2. The molecule has 2 N–H and O–H groups in total. The molecule has 1 rings (SSSR count). The van der Waals surface area contributed by atoms with Crippen LogP contribution < -0.4 is 10.6 Å². The standard InChI is InChI=1S/C23H36N2O10S2/c1-22(2,3)34-14(26)9-12(19(29)32-7)10-36-15-16(18(28)25-17(15)27)37-11-13(20(30)33-8)24-21(31)35-23(4,5)6/h12-13,15-16H,9-11H2,1-8H3,(H,24,31)(H,25,27,28)/t12-,13-,15?,16?/m0/s1. The van der Waals surface area contributed by atoms with Crippen molar-refractivity contribution in [1.82, 2.24) is 10.6 Å². The molecule has 1 heterocycles. The number of carbonyl (C=O) groups is 6. The van der Waals surface area contributed by atoms with E-state index in [1.807, 2.05) is 0 Å². The lowest BCUT2D eigenvalue weighted by atomic mass is 10.1. The summed E-state index contributed by atoms with van der Waals surface area (Å²) in [4.78, 5) is 73.8. The summed E-state index contributed by atoms with van der Waals surface area (Å²) in [6.07, 6.45) is -1.11. The van der Waals surface area contributed by atoms with Gasteiger partial charge in [-0.15, -0.1) is 23.5 Å². The van der Waals surface area contributed by atoms with E-state index in [-0.39, 0.29) is 17.9 Å². The number of thioether (sulfide) groups is 2. The first-order valence-electron chi connectivity index (χ1n) is 11.4. The van der Waals surface area contributed by atoms with E-state index in [0.29, 0.717) is 0 Å². The Kier molecular flexibility index (Phi) is 12.2. The molecule has 1 aliphatic heterocycles. The third-order valence-electron chi connectivity index (χ3n) is 4.50. The van der Waals surface area contributed by atoms with Crippen LogP contribution in [-0.2, 0) is 42.9 Å². The molecule has 0 aromatic rings. The molecular weight excluding hydrogens is 528 g/mol. The van der Waals surface area contributed by atoms with Gasteiger partial charge in [-0.2, -0.15) is 0 Å². The highest BCUT2D eigenvalue weighted by Gasteiger charge is 2.44. The van der Waals surface area contributed by atoms with Crippen molar-refractivity contribution in [3.05, 3.63) is 0 Å². The number of hydrogen-bond acceptors (Lipinski definition) is 12. The quantitative estimate of drug-likeness (QED) is 0.211. The maximum absolute atomic E-state index is 12.5. The van der Waals surface area contributed by atoms with Crippen molar-refractivity contribution < 1.29 is 47.7 Å². The number of imide groups is 1. The lowest BCUT2D eigenvalue weighted by molar-refractivity contribution is -0.160. The highest BCUT2D eigenvalue weighted by atomic mass is 32.2. The predicted molar refractivity (Wildman–Crippen MR) is 137 cm³/mol. The third-order valence-corrected chi connectivity index (χ3v) is 7.49. The molecule has 37 heavy (non-hydrogen) atoms. The number of rotatable bonds is 11. The van der Waals surface area contributed by atoms with Gasteiger partial charge in [0.2, 0.25) is 11.8 Å². The third kappa shape index (κ3) is 11.6. The molecule has 0 aliphatic carbocycles. The van der Waals surface area contributed by atoms with Crippen LogP contribution in [0.3, 0.4) is 0 Å². The van der Waals surface area contributed by atoms with Crippen LogP contribution in [0.4, 0.5) is 4.79 Å². The SMILES string of the molecule is COC(=O)[C@H](CSC1C(=O)NC(=O)C1SC[C@H](NC(=O)OC(C)(C)C)C(=O)OC)CC(=O)OC(C)(C)C. The topological polar surface area (TPSA) is 163 Å². The van der Waals surface area contributed by atoms with Gasteiger partial charge in [-0.25, -0.2) is 9.59 Å². The average Bonchev–Trinajstić information content (AvgIpc) is 3.02. The second kappa shape index (κ2) is 13.9. The van der Waals surface area contributed by atoms with Crippen molar-refractivity contribution in [2.75, 3.05) is 25.7 Å². The predicted octanol–water partition coefficient (Wildman–Crippen LogP) is 1.43. The van der Waals surface area contributed by atoms with Crippen LogP contribution in [0.25, 0.3) is 0 Å². The van der Waals surface area contributed by atoms with Gasteiger partial charge in [0.1, 0.15) is 27.7 Å². The molecule has 0 aromatic carbocycles. The van der Waals surface area contributed by atoms with Crippen molar-refractivity contribution >= 4 is 59.3 Å². The first-order chi connectivity index (χ1) is 17.0. The number of esters is 3. The Bertz CT molecular complexity index is 812. The van der Waals surface area contributed by atoms with Crippen molar-refractivity contribution in [3.8, 4) is 0 Å². The number of amides is 3. The minimum atomic E-state index is -1.14. The van der Waals surface area contributed by atoms with Crippen molar-refractivity contribution in [2.24, 2.45) is 5.92 Å². The van der Waals surface area contributed by atoms with E-state index < -0.39 is 69.5 Å². The van der Waals surface area contributed by atoms with E-state index in [0.717, 1.165) is 30.6 Å². The van der Waals surface area contributed by atoms with Crippen molar-refractivity contribution in [3.63, 3.8) is 0 Å². The number of carbonyl (C=O) groups excluding carboxylic acids is 6. The number of hydrogen-bond donors (Lipinski definition) is 2. The molecule has 0 radical (unpaired) electrons. The lowest BCUT2D eigenvalue weighted by Crippen LogP contribution is -2.46. The Hall–Kier alpha value is -2.48. The number of ether oxygens (including phenoxy) is 4. The van der Waals surface area contributed by atoms with Gasteiger partial charge in [0, 0.05) is 11.5 Å². The summed E-state index contributed by atoms with van der Waals surface area (Å²) in [5.74, 6) is -4.14. The summed E-state index contributed by atoms with van der Waals surface area (Å²) in [6, 6.07) is -1.14. The van der Waals surface area contributed by atoms with Gasteiger partial charge in [0.25, 0.3) is 0 Å². The van der Waals surface area contributed by atoms with Gasteiger partial charge in [-0.3, -0.25) is 24.5 Å². The lowest BCUT2D eigenvalue weighted by Gasteiger charge is -2.24. The van der Waals surface area contributed by atoms with E-state index in [1.165, 1.54) is 7.11 Å². The molecule has 0 aromatic heterocycles. The molecule has 2 unspecified atom stereocenters. The van der Waals surface area contributed by atoms with Crippen LogP contribution in [0, 0.1) is 5.92 Å². The number of methoxy groups -OCH3 is 2. The Balaban J connectivity index is 2.90. The summed E-state index contributed by atoms with van der Waals surface area (Å²) < 4.78 is 20.0. The maximum atomic E-state index is 12.5. The van der Waals surface area contributed by atoms with Crippen LogP contribution in [0.15, 0.2) is 0 Å². The van der Waals surface area contributed by atoms with Crippen molar-refractivity contribution in [1.29, 1.82) is 0 Å². The first-order valence-corrected chi connectivity index (χ1v) is 13.5. The summed E-state index contributed by atoms with van der Waals surface area (Å²) in [5, 5.41) is 2.81. The van der Waals surface area contributed by atoms with Gasteiger partial charge in [-0.05, 0) is 41.5 Å². The van der Waals surface area contributed by atoms with Crippen molar-refractivity contribution in [2.45, 2.75) is 75.7 Å². The monoisotopic (exact) mass is 564 g/mol. The fourth-order valence-electron chi connectivity index (χ4n) is 3.01. The smallest absolute Gasteiger partial charge is 0.408 e. The van der Waals surface area contributed by atoms with Gasteiger partial charge < -0.3 is 24.3 Å². The average molecular weight is 565 g/mol. The largest absolute Gasteiger partial charge is 0.469 e. The molecule has 0 bridgehead atoms. The molecule has 3 amide bonds. The molecule has 210 valence electrons. The molecule has 1 aliphatic rings. The fourth-order valence-corrected chi connectivity index (χ4v) is 5.81. The van der Waals surface area contributed by atoms with Gasteiger partial charge in [-0.1, -0.05) is 0 Å². The molecule has 0 spiro atoms. The van der Waals surface area contributed by atoms with E-state index >= 15 is 0 Å². The van der Waals surface area contributed by atoms with E-state index in [2.05, 4.69) is 10.6 Å². The van der Waals surface area contributed by atoms with Gasteiger partial charge in [0.15, 0.2) is 0 Å². The Morgan fingerprint density at radius 3 is 1.78 bits per heavy atom. The van der Waals surface area contributed by atoms with Gasteiger partial charge in [0.05, 0.1) is 26.6 Å². The fraction of sp³-hybridized carbons (Fsp3) is 0.739. The molecule has 0 saturated carbocycles. The zero-order valence-corrected chi connectivity index (χ0v) is 24.0. The second-order valence-corrected chi connectivity index (χ2v) is 12.4. The molecule has 14 heteroatoms. The zero-order chi connectivity index (χ0) is 28.6. The maximum Gasteiger partial charge on any atom is 0.408 e. The Morgan fingerprint density at radius 1 is 0.838 bits per heavy atom.